The minimum Gasteiger partial charge on any atom is -0.508 e. The number of benzene rings is 1. The molecule has 2 saturated heterocycles. The predicted octanol–water partition coefficient (Wildman–Crippen LogP) is 3.34. The van der Waals surface area contributed by atoms with E-state index in [9.17, 15) is 5.11 Å². The number of hydrogen-bond donors (Lipinski definition) is 1. The molecule has 2 aliphatic rings. The topological polar surface area (TPSA) is 29.5 Å². The molecule has 2 nitrogen and oxygen atoms in total. The molecule has 0 amide bonds. The second kappa shape index (κ2) is 3.77. The Morgan fingerprint density at radius 2 is 1.69 bits per heavy atom. The van der Waals surface area contributed by atoms with Gasteiger partial charge in [0.1, 0.15) is 5.75 Å². The van der Waals surface area contributed by atoms with Gasteiger partial charge < -0.3 is 9.84 Å². The van der Waals surface area contributed by atoms with E-state index in [0.29, 0.717) is 11.9 Å². The normalized spacial score (nSPS) is 33.6. The monoisotopic (exact) mass is 218 g/mol. The molecular formula is C14H18O2. The van der Waals surface area contributed by atoms with E-state index in [1.54, 1.807) is 12.1 Å². The summed E-state index contributed by atoms with van der Waals surface area (Å²) in [6, 6.07) is 7.57. The van der Waals surface area contributed by atoms with Gasteiger partial charge in [-0.15, -0.1) is 0 Å². The standard InChI is InChI=1S/C14H18O2/c15-12-7-5-11(6-8-12)14-9-1-3-13(16-14)4-2-10-14/h5-8,13,15H,1-4,9-10H2. The summed E-state index contributed by atoms with van der Waals surface area (Å²) in [5, 5.41) is 9.34. The Hall–Kier alpha value is -1.02. The number of phenolic OH excluding ortho intramolecular Hbond substituents is 1. The van der Waals surface area contributed by atoms with E-state index in [1.165, 1.54) is 31.2 Å². The lowest BCUT2D eigenvalue weighted by Crippen LogP contribution is -2.41. The van der Waals surface area contributed by atoms with Crippen LogP contribution in [-0.2, 0) is 10.3 Å². The molecule has 2 fully saturated rings. The molecule has 0 saturated carbocycles. The van der Waals surface area contributed by atoms with Gasteiger partial charge in [0.25, 0.3) is 0 Å². The molecule has 0 spiro atoms. The second-order valence-corrected chi connectivity index (χ2v) is 5.07. The van der Waals surface area contributed by atoms with Crippen LogP contribution >= 0.6 is 0 Å². The quantitative estimate of drug-likeness (QED) is 0.783. The Labute approximate surface area is 96.2 Å². The van der Waals surface area contributed by atoms with Crippen molar-refractivity contribution < 1.29 is 9.84 Å². The molecule has 0 aromatic heterocycles. The van der Waals surface area contributed by atoms with Crippen LogP contribution in [0.3, 0.4) is 0 Å². The molecule has 2 heterocycles. The first-order chi connectivity index (χ1) is 7.78. The van der Waals surface area contributed by atoms with Crippen molar-refractivity contribution in [2.45, 2.75) is 50.2 Å². The Kier molecular flexibility index (Phi) is 2.40. The minimum absolute atomic E-state index is 0.0468. The molecule has 86 valence electrons. The highest BCUT2D eigenvalue weighted by Crippen LogP contribution is 2.46. The molecule has 2 bridgehead atoms. The highest BCUT2D eigenvalue weighted by Gasteiger charge is 2.41. The lowest BCUT2D eigenvalue weighted by Gasteiger charge is -2.45. The third-order valence-electron chi connectivity index (χ3n) is 4.00. The van der Waals surface area contributed by atoms with Crippen molar-refractivity contribution >= 4 is 0 Å². The fraction of sp³-hybridized carbons (Fsp3) is 0.571. The lowest BCUT2D eigenvalue weighted by atomic mass is 9.77. The average Bonchev–Trinajstić information content (AvgIpc) is 2.30. The van der Waals surface area contributed by atoms with E-state index in [0.717, 1.165) is 12.8 Å². The molecule has 2 heteroatoms. The summed E-state index contributed by atoms with van der Waals surface area (Å²) in [6.45, 7) is 0. The summed E-state index contributed by atoms with van der Waals surface area (Å²) in [6.07, 6.45) is 7.72. The molecule has 0 unspecified atom stereocenters. The van der Waals surface area contributed by atoms with Crippen molar-refractivity contribution in [1.82, 2.24) is 0 Å². The van der Waals surface area contributed by atoms with Gasteiger partial charge in [-0.05, 0) is 56.2 Å². The highest BCUT2D eigenvalue weighted by atomic mass is 16.5. The zero-order valence-electron chi connectivity index (χ0n) is 9.48. The fourth-order valence-corrected chi connectivity index (χ4v) is 3.18. The fourth-order valence-electron chi connectivity index (χ4n) is 3.18. The third-order valence-corrected chi connectivity index (χ3v) is 4.00. The first-order valence-corrected chi connectivity index (χ1v) is 6.26. The molecule has 2 aliphatic heterocycles. The lowest BCUT2D eigenvalue weighted by molar-refractivity contribution is -0.165. The van der Waals surface area contributed by atoms with Gasteiger partial charge >= 0.3 is 0 Å². The summed E-state index contributed by atoms with van der Waals surface area (Å²) in [5.74, 6) is 0.336. The van der Waals surface area contributed by atoms with Crippen molar-refractivity contribution in [3.05, 3.63) is 29.8 Å². The smallest absolute Gasteiger partial charge is 0.115 e. The van der Waals surface area contributed by atoms with Crippen LogP contribution < -0.4 is 0 Å². The minimum atomic E-state index is -0.0468. The van der Waals surface area contributed by atoms with Crippen molar-refractivity contribution in [2.75, 3.05) is 0 Å². The average molecular weight is 218 g/mol. The van der Waals surface area contributed by atoms with Gasteiger partial charge in [0.15, 0.2) is 0 Å². The first kappa shape index (κ1) is 10.2. The van der Waals surface area contributed by atoms with Gasteiger partial charge in [-0.25, -0.2) is 0 Å². The number of ether oxygens (including phenoxy) is 1. The van der Waals surface area contributed by atoms with Crippen molar-refractivity contribution in [1.29, 1.82) is 0 Å². The van der Waals surface area contributed by atoms with Gasteiger partial charge in [-0.1, -0.05) is 12.1 Å². The van der Waals surface area contributed by atoms with Crippen LogP contribution in [0.4, 0.5) is 0 Å². The van der Waals surface area contributed by atoms with Crippen LogP contribution in [0.15, 0.2) is 24.3 Å². The van der Waals surface area contributed by atoms with E-state index in [-0.39, 0.29) is 5.60 Å². The molecule has 1 aromatic rings. The van der Waals surface area contributed by atoms with E-state index < -0.39 is 0 Å². The van der Waals surface area contributed by atoms with Gasteiger partial charge in [0, 0.05) is 0 Å². The van der Waals surface area contributed by atoms with Gasteiger partial charge in [0.05, 0.1) is 11.7 Å². The van der Waals surface area contributed by atoms with Crippen LogP contribution in [-0.4, -0.2) is 11.2 Å². The Balaban J connectivity index is 1.93. The van der Waals surface area contributed by atoms with Crippen molar-refractivity contribution in [3.63, 3.8) is 0 Å². The summed E-state index contributed by atoms with van der Waals surface area (Å²) >= 11 is 0. The van der Waals surface area contributed by atoms with E-state index in [4.69, 9.17) is 4.74 Å². The van der Waals surface area contributed by atoms with E-state index in [2.05, 4.69) is 0 Å². The third kappa shape index (κ3) is 1.61. The maximum atomic E-state index is 9.34. The van der Waals surface area contributed by atoms with Gasteiger partial charge in [-0.2, -0.15) is 0 Å². The molecule has 3 rings (SSSR count). The zero-order valence-corrected chi connectivity index (χ0v) is 9.48. The van der Waals surface area contributed by atoms with Crippen LogP contribution in [0.5, 0.6) is 5.75 Å². The van der Waals surface area contributed by atoms with Crippen molar-refractivity contribution in [3.8, 4) is 5.75 Å². The molecular weight excluding hydrogens is 200 g/mol. The number of aromatic hydroxyl groups is 1. The van der Waals surface area contributed by atoms with Crippen molar-refractivity contribution in [2.24, 2.45) is 0 Å². The number of rotatable bonds is 1. The number of phenols is 1. The molecule has 0 radical (unpaired) electrons. The highest BCUT2D eigenvalue weighted by molar-refractivity contribution is 5.30. The summed E-state index contributed by atoms with van der Waals surface area (Å²) in [7, 11) is 0. The van der Waals surface area contributed by atoms with Crippen LogP contribution in [0.2, 0.25) is 0 Å². The van der Waals surface area contributed by atoms with Crippen LogP contribution in [0.25, 0.3) is 0 Å². The predicted molar refractivity (Wildman–Crippen MR) is 62.4 cm³/mol. The Morgan fingerprint density at radius 1 is 1.06 bits per heavy atom. The maximum Gasteiger partial charge on any atom is 0.115 e. The molecule has 1 N–H and O–H groups in total. The van der Waals surface area contributed by atoms with Gasteiger partial charge in [-0.3, -0.25) is 0 Å². The summed E-state index contributed by atoms with van der Waals surface area (Å²) < 4.78 is 6.25. The van der Waals surface area contributed by atoms with E-state index >= 15 is 0 Å². The largest absolute Gasteiger partial charge is 0.508 e. The first-order valence-electron chi connectivity index (χ1n) is 6.26. The SMILES string of the molecule is Oc1ccc(C23CCCC(CCC2)O3)cc1. The molecule has 1 aromatic carbocycles. The number of fused-ring (bicyclic) bond motifs is 2. The number of hydrogen-bond acceptors (Lipinski definition) is 2. The van der Waals surface area contributed by atoms with E-state index in [1.807, 2.05) is 12.1 Å². The molecule has 16 heavy (non-hydrogen) atoms. The van der Waals surface area contributed by atoms with Crippen LogP contribution in [0, 0.1) is 0 Å². The summed E-state index contributed by atoms with van der Waals surface area (Å²) in [4.78, 5) is 0. The molecule has 0 atom stereocenters. The zero-order chi connectivity index (χ0) is 11.0. The van der Waals surface area contributed by atoms with Crippen LogP contribution in [0.1, 0.15) is 44.1 Å². The second-order valence-electron chi connectivity index (χ2n) is 5.07. The Bertz CT molecular complexity index is 359. The Morgan fingerprint density at radius 3 is 2.31 bits per heavy atom. The summed E-state index contributed by atoms with van der Waals surface area (Å²) in [5.41, 5.74) is 1.20. The maximum absolute atomic E-state index is 9.34. The van der Waals surface area contributed by atoms with Gasteiger partial charge in [0.2, 0.25) is 0 Å². The molecule has 0 aliphatic carbocycles.